The molecule has 1 aliphatic heterocycles. The van der Waals surface area contributed by atoms with E-state index in [9.17, 15) is 8.78 Å². The molecule has 0 unspecified atom stereocenters. The summed E-state index contributed by atoms with van der Waals surface area (Å²) in [6.07, 6.45) is 22.2. The van der Waals surface area contributed by atoms with Gasteiger partial charge in [0, 0.05) is 18.9 Å². The van der Waals surface area contributed by atoms with Gasteiger partial charge in [-0.2, -0.15) is 8.78 Å². The first-order valence-electron chi connectivity index (χ1n) is 15.6. The van der Waals surface area contributed by atoms with E-state index >= 15 is 0 Å². The van der Waals surface area contributed by atoms with Crippen LogP contribution in [0.2, 0.25) is 0 Å². The Morgan fingerprint density at radius 3 is 1.84 bits per heavy atom. The van der Waals surface area contributed by atoms with Crippen LogP contribution in [0, 0.1) is 35.5 Å². The summed E-state index contributed by atoms with van der Waals surface area (Å²) in [6, 6.07) is 0. The summed E-state index contributed by atoms with van der Waals surface area (Å²) in [6.45, 7) is 6.42. The number of hydrogen-bond donors (Lipinski definition) is 0. The molecule has 3 nitrogen and oxygen atoms in total. The Morgan fingerprint density at radius 1 is 0.730 bits per heavy atom. The van der Waals surface area contributed by atoms with Crippen molar-refractivity contribution in [3.8, 4) is 0 Å². The Bertz CT molecular complexity index is 662. The molecule has 4 aliphatic rings. The van der Waals surface area contributed by atoms with E-state index in [2.05, 4.69) is 6.58 Å². The normalized spacial score (nSPS) is 37.1. The maximum absolute atomic E-state index is 12.2. The van der Waals surface area contributed by atoms with Gasteiger partial charge in [-0.25, -0.2) is 0 Å². The van der Waals surface area contributed by atoms with Crippen LogP contribution in [0.25, 0.3) is 0 Å². The Hall–Kier alpha value is -0.780. The molecule has 4 fully saturated rings. The number of allylic oxidation sites excluding steroid dienone is 1. The first-order valence-corrected chi connectivity index (χ1v) is 15.6. The van der Waals surface area contributed by atoms with Gasteiger partial charge in [-0.1, -0.05) is 31.8 Å². The molecule has 0 aromatic rings. The van der Waals surface area contributed by atoms with Crippen LogP contribution in [0.4, 0.5) is 8.78 Å². The molecule has 37 heavy (non-hydrogen) atoms. The van der Waals surface area contributed by atoms with Gasteiger partial charge < -0.3 is 14.2 Å². The zero-order valence-corrected chi connectivity index (χ0v) is 23.1. The zero-order valence-electron chi connectivity index (χ0n) is 23.1. The molecule has 3 saturated carbocycles. The van der Waals surface area contributed by atoms with Crippen LogP contribution >= 0.6 is 0 Å². The lowest BCUT2D eigenvalue weighted by Gasteiger charge is -2.38. The topological polar surface area (TPSA) is 27.7 Å². The SMILES string of the molecule is C=CCC1OCC(C2CCC(CCCOC3CCC(C4CCC(CCC=C(F)F)CC4)CC3)CC2)CO1. The molecule has 212 valence electrons. The second-order valence-corrected chi connectivity index (χ2v) is 12.6. The Kier molecular flexibility index (Phi) is 12.4. The molecular weight excluding hydrogens is 470 g/mol. The molecule has 0 aromatic carbocycles. The van der Waals surface area contributed by atoms with Crippen LogP contribution in [0.5, 0.6) is 0 Å². The minimum atomic E-state index is -1.52. The van der Waals surface area contributed by atoms with E-state index in [4.69, 9.17) is 14.2 Å². The van der Waals surface area contributed by atoms with Crippen molar-refractivity contribution >= 4 is 0 Å². The molecule has 0 spiro atoms. The van der Waals surface area contributed by atoms with Crippen molar-refractivity contribution in [3.05, 3.63) is 24.8 Å². The molecular formula is C32H52F2O3. The standard InChI is InChI=1S/C32H52F2O3/c1-2-5-32-36-22-29(23-37-32)28-15-11-25(12-16-28)7-4-21-35-30-19-17-27(18-20-30)26-13-9-24(10-14-26)6-3-8-31(33)34/h2,8,24-30,32H,1,3-7,9-23H2. The predicted molar refractivity (Wildman–Crippen MR) is 145 cm³/mol. The molecule has 0 atom stereocenters. The first-order chi connectivity index (χ1) is 18.1. The summed E-state index contributed by atoms with van der Waals surface area (Å²) in [5.74, 6) is 4.61. The van der Waals surface area contributed by atoms with Crippen molar-refractivity contribution in [2.24, 2.45) is 35.5 Å². The van der Waals surface area contributed by atoms with Crippen LogP contribution in [-0.4, -0.2) is 32.2 Å². The van der Waals surface area contributed by atoms with Gasteiger partial charge in [-0.15, -0.1) is 6.58 Å². The van der Waals surface area contributed by atoms with Crippen LogP contribution in [0.15, 0.2) is 24.8 Å². The van der Waals surface area contributed by atoms with Crippen LogP contribution in [0.1, 0.15) is 109 Å². The molecule has 3 aliphatic carbocycles. The van der Waals surface area contributed by atoms with E-state index in [0.29, 0.717) is 24.4 Å². The second kappa shape index (κ2) is 15.7. The minimum absolute atomic E-state index is 0.0722. The molecule has 0 N–H and O–H groups in total. The van der Waals surface area contributed by atoms with Crippen LogP contribution in [0.3, 0.4) is 0 Å². The lowest BCUT2D eigenvalue weighted by atomic mass is 9.70. The van der Waals surface area contributed by atoms with Crippen molar-refractivity contribution < 1.29 is 23.0 Å². The fourth-order valence-electron chi connectivity index (χ4n) is 7.78. The Balaban J connectivity index is 1.00. The molecule has 1 heterocycles. The van der Waals surface area contributed by atoms with Crippen molar-refractivity contribution in [2.45, 2.75) is 122 Å². The summed E-state index contributed by atoms with van der Waals surface area (Å²) in [7, 11) is 0. The van der Waals surface area contributed by atoms with Crippen molar-refractivity contribution in [1.29, 1.82) is 0 Å². The number of ether oxygens (including phenoxy) is 3. The molecule has 4 rings (SSSR count). The monoisotopic (exact) mass is 522 g/mol. The van der Waals surface area contributed by atoms with Gasteiger partial charge >= 0.3 is 0 Å². The predicted octanol–water partition coefficient (Wildman–Crippen LogP) is 9.08. The second-order valence-electron chi connectivity index (χ2n) is 12.6. The van der Waals surface area contributed by atoms with Gasteiger partial charge in [0.15, 0.2) is 6.29 Å². The summed E-state index contributed by atoms with van der Waals surface area (Å²) in [5, 5.41) is 0. The average Bonchev–Trinajstić information content (AvgIpc) is 2.93. The quantitative estimate of drug-likeness (QED) is 0.189. The van der Waals surface area contributed by atoms with Crippen molar-refractivity contribution in [1.82, 2.24) is 0 Å². The number of rotatable bonds is 12. The lowest BCUT2D eigenvalue weighted by molar-refractivity contribution is -0.207. The third-order valence-electron chi connectivity index (χ3n) is 10.2. The van der Waals surface area contributed by atoms with Gasteiger partial charge in [0.05, 0.1) is 19.3 Å². The van der Waals surface area contributed by atoms with Gasteiger partial charge in [-0.05, 0) is 113 Å². The Morgan fingerprint density at radius 2 is 1.27 bits per heavy atom. The highest BCUT2D eigenvalue weighted by Gasteiger charge is 2.32. The molecule has 1 saturated heterocycles. The summed E-state index contributed by atoms with van der Waals surface area (Å²) in [4.78, 5) is 0. The van der Waals surface area contributed by atoms with E-state index in [1.807, 2.05) is 6.08 Å². The molecule has 5 heteroatoms. The molecule has 0 radical (unpaired) electrons. The largest absolute Gasteiger partial charge is 0.378 e. The van der Waals surface area contributed by atoms with E-state index in [0.717, 1.165) is 62.4 Å². The first kappa shape index (κ1) is 29.2. The van der Waals surface area contributed by atoms with Crippen LogP contribution < -0.4 is 0 Å². The lowest BCUT2D eigenvalue weighted by Crippen LogP contribution is -2.37. The van der Waals surface area contributed by atoms with Gasteiger partial charge in [0.25, 0.3) is 6.08 Å². The maximum atomic E-state index is 12.2. The molecule has 0 amide bonds. The maximum Gasteiger partial charge on any atom is 0.266 e. The van der Waals surface area contributed by atoms with Gasteiger partial charge in [-0.3, -0.25) is 0 Å². The highest BCUT2D eigenvalue weighted by Crippen LogP contribution is 2.42. The van der Waals surface area contributed by atoms with Gasteiger partial charge in [0.2, 0.25) is 0 Å². The smallest absolute Gasteiger partial charge is 0.266 e. The highest BCUT2D eigenvalue weighted by atomic mass is 19.3. The summed E-state index contributed by atoms with van der Waals surface area (Å²) >= 11 is 0. The average molecular weight is 523 g/mol. The third-order valence-corrected chi connectivity index (χ3v) is 10.2. The fourth-order valence-corrected chi connectivity index (χ4v) is 7.78. The van der Waals surface area contributed by atoms with E-state index in [1.165, 1.54) is 89.9 Å². The van der Waals surface area contributed by atoms with Crippen molar-refractivity contribution in [3.63, 3.8) is 0 Å². The minimum Gasteiger partial charge on any atom is -0.378 e. The highest BCUT2D eigenvalue weighted by molar-refractivity contribution is 4.85. The molecule has 0 bridgehead atoms. The van der Waals surface area contributed by atoms with E-state index in [1.54, 1.807) is 0 Å². The summed E-state index contributed by atoms with van der Waals surface area (Å²) in [5.41, 5.74) is 0. The van der Waals surface area contributed by atoms with Crippen molar-refractivity contribution in [2.75, 3.05) is 19.8 Å². The number of hydrogen-bond acceptors (Lipinski definition) is 3. The van der Waals surface area contributed by atoms with Gasteiger partial charge in [0.1, 0.15) is 0 Å². The zero-order chi connectivity index (χ0) is 25.9. The Labute approximate surface area is 224 Å². The van der Waals surface area contributed by atoms with E-state index in [-0.39, 0.29) is 6.29 Å². The van der Waals surface area contributed by atoms with E-state index < -0.39 is 6.08 Å². The van der Waals surface area contributed by atoms with Crippen LogP contribution in [-0.2, 0) is 14.2 Å². The fraction of sp³-hybridized carbons (Fsp3) is 0.875. The molecule has 0 aromatic heterocycles. The third kappa shape index (κ3) is 9.72. The summed E-state index contributed by atoms with van der Waals surface area (Å²) < 4.78 is 42.6. The number of halogens is 2.